The van der Waals surface area contributed by atoms with Crippen LogP contribution in [0.3, 0.4) is 0 Å². The Kier molecular flexibility index (Phi) is 5.11. The number of phenolic OH excluding ortho intramolecular Hbond substituents is 1. The number of hydrogen-bond acceptors (Lipinski definition) is 10. The van der Waals surface area contributed by atoms with Gasteiger partial charge in [-0.25, -0.2) is 15.0 Å². The van der Waals surface area contributed by atoms with Crippen molar-refractivity contribution >= 4 is 22.9 Å². The third kappa shape index (κ3) is 3.26. The summed E-state index contributed by atoms with van der Waals surface area (Å²) < 4.78 is 12.3. The number of carbonyl (C=O) groups excluding carboxylic acids is 1. The lowest BCUT2D eigenvalue weighted by atomic mass is 10.1. The summed E-state index contributed by atoms with van der Waals surface area (Å²) >= 11 is 0. The highest BCUT2D eigenvalue weighted by atomic mass is 16.5. The molecule has 0 radical (unpaired) electrons. The number of rotatable bonds is 5. The number of hydrogen-bond donors (Lipinski definition) is 5. The second-order valence-corrected chi connectivity index (χ2v) is 6.71. The number of imidazole rings is 1. The Hall–Kier alpha value is -3.48. The number of aliphatic hydroxyl groups excluding tert-OH is 2. The van der Waals surface area contributed by atoms with E-state index in [9.17, 15) is 20.1 Å². The van der Waals surface area contributed by atoms with Crippen LogP contribution in [0.25, 0.3) is 11.2 Å². The molecule has 1 aliphatic heterocycles. The number of methoxy groups -OCH3 is 1. The first-order chi connectivity index (χ1) is 14.4. The largest absolute Gasteiger partial charge is 0.504 e. The van der Waals surface area contributed by atoms with Crippen LogP contribution >= 0.6 is 0 Å². The molecule has 30 heavy (non-hydrogen) atoms. The predicted octanol–water partition coefficient (Wildman–Crippen LogP) is -0.828. The van der Waals surface area contributed by atoms with Crippen LogP contribution in [0.15, 0.2) is 30.9 Å². The monoisotopic (exact) mass is 416 g/mol. The van der Waals surface area contributed by atoms with E-state index in [1.54, 1.807) is 0 Å². The number of amides is 1. The van der Waals surface area contributed by atoms with E-state index >= 15 is 0 Å². The Morgan fingerprint density at radius 2 is 2.17 bits per heavy atom. The van der Waals surface area contributed by atoms with E-state index in [0.717, 1.165) is 0 Å². The van der Waals surface area contributed by atoms with Gasteiger partial charge in [0, 0.05) is 5.56 Å². The molecule has 0 bridgehead atoms. The maximum Gasteiger partial charge on any atom is 0.251 e. The van der Waals surface area contributed by atoms with Crippen molar-refractivity contribution < 1.29 is 29.6 Å². The van der Waals surface area contributed by atoms with Gasteiger partial charge in [0.25, 0.3) is 5.91 Å². The smallest absolute Gasteiger partial charge is 0.251 e. The third-order valence-electron chi connectivity index (χ3n) is 4.95. The van der Waals surface area contributed by atoms with E-state index < -0.39 is 37.0 Å². The van der Waals surface area contributed by atoms with Crippen LogP contribution < -0.4 is 15.8 Å². The van der Waals surface area contributed by atoms with Gasteiger partial charge in [0.2, 0.25) is 0 Å². The van der Waals surface area contributed by atoms with Crippen molar-refractivity contribution in [3.8, 4) is 11.5 Å². The second kappa shape index (κ2) is 7.74. The van der Waals surface area contributed by atoms with Crippen molar-refractivity contribution in [2.24, 2.45) is 0 Å². The Bertz CT molecular complexity index is 1090. The molecule has 6 N–H and O–H groups in total. The Morgan fingerprint density at radius 3 is 2.90 bits per heavy atom. The lowest BCUT2D eigenvalue weighted by Crippen LogP contribution is -2.46. The number of fused-ring (bicyclic) bond motifs is 1. The number of anilines is 1. The average Bonchev–Trinajstić information content (AvgIpc) is 3.30. The van der Waals surface area contributed by atoms with Gasteiger partial charge < -0.3 is 35.8 Å². The van der Waals surface area contributed by atoms with Crippen molar-refractivity contribution in [3.63, 3.8) is 0 Å². The van der Waals surface area contributed by atoms with Crippen LogP contribution in [0, 0.1) is 0 Å². The van der Waals surface area contributed by atoms with E-state index in [1.807, 2.05) is 0 Å². The summed E-state index contributed by atoms with van der Waals surface area (Å²) in [4.78, 5) is 25.0. The molecule has 4 rings (SSSR count). The second-order valence-electron chi connectivity index (χ2n) is 6.71. The molecule has 3 heterocycles. The number of nitrogens with zero attached hydrogens (tertiary/aromatic N) is 4. The summed E-state index contributed by atoms with van der Waals surface area (Å²) in [5, 5.41) is 32.6. The minimum atomic E-state index is -1.21. The summed E-state index contributed by atoms with van der Waals surface area (Å²) in [6.07, 6.45) is -0.387. The fourth-order valence-electron chi connectivity index (χ4n) is 3.40. The maximum atomic E-state index is 12.8. The number of carbonyl (C=O) groups is 1. The fraction of sp³-hybridized carbons (Fsp3) is 0.333. The van der Waals surface area contributed by atoms with Crippen molar-refractivity contribution in [2.75, 3.05) is 19.5 Å². The summed E-state index contributed by atoms with van der Waals surface area (Å²) in [6, 6.07) is 3.16. The molecular weight excluding hydrogens is 396 g/mol. The van der Waals surface area contributed by atoms with Gasteiger partial charge in [-0.1, -0.05) is 0 Å². The van der Waals surface area contributed by atoms with Gasteiger partial charge in [0.15, 0.2) is 29.2 Å². The summed E-state index contributed by atoms with van der Waals surface area (Å²) in [5.74, 6) is -0.349. The van der Waals surface area contributed by atoms with Gasteiger partial charge in [0.1, 0.15) is 30.1 Å². The van der Waals surface area contributed by atoms with Gasteiger partial charge in [0.05, 0.1) is 20.0 Å². The molecule has 1 aliphatic rings. The maximum absolute atomic E-state index is 12.8. The van der Waals surface area contributed by atoms with Crippen LogP contribution in [0.5, 0.6) is 11.5 Å². The van der Waals surface area contributed by atoms with Crippen LogP contribution in [-0.4, -0.2) is 72.7 Å². The average molecular weight is 416 g/mol. The summed E-state index contributed by atoms with van der Waals surface area (Å²) in [7, 11) is 1.37. The van der Waals surface area contributed by atoms with E-state index in [4.69, 9.17) is 15.2 Å². The molecule has 3 aromatic rings. The zero-order valence-electron chi connectivity index (χ0n) is 15.8. The normalized spacial score (nSPS) is 23.6. The van der Waals surface area contributed by atoms with E-state index in [0.29, 0.717) is 11.2 Å². The van der Waals surface area contributed by atoms with Crippen molar-refractivity contribution in [3.05, 3.63) is 36.4 Å². The highest BCUT2D eigenvalue weighted by Crippen LogP contribution is 2.32. The van der Waals surface area contributed by atoms with Gasteiger partial charge in [-0.3, -0.25) is 9.36 Å². The molecule has 1 aromatic carbocycles. The third-order valence-corrected chi connectivity index (χ3v) is 4.95. The highest BCUT2D eigenvalue weighted by Gasteiger charge is 2.46. The first-order valence-electron chi connectivity index (χ1n) is 8.99. The molecule has 12 nitrogen and oxygen atoms in total. The Labute approximate surface area is 169 Å². The Balaban J connectivity index is 1.67. The highest BCUT2D eigenvalue weighted by molar-refractivity contribution is 5.95. The zero-order chi connectivity index (χ0) is 21.4. The number of nitrogen functional groups attached to an aromatic ring is 1. The minimum absolute atomic E-state index is 0.112. The van der Waals surface area contributed by atoms with Crippen LogP contribution in [-0.2, 0) is 4.74 Å². The standard InChI is InChI=1S/C18H20N6O6/c1-29-10-4-8(2-3-9(10)26)17(28)23-12-14(27)11(5-25)30-18(12)24-7-22-13-15(19)20-6-21-16(13)24/h2-4,6-7,11-12,14,18,25-27H,5H2,1H3,(H,23,28)(H2,19,20,21)/t11-,12-,14-,18-/m1/s1. The van der Waals surface area contributed by atoms with Crippen LogP contribution in [0.1, 0.15) is 16.6 Å². The molecule has 0 aliphatic carbocycles. The number of aromatic nitrogens is 4. The number of phenols is 1. The number of ether oxygens (including phenoxy) is 2. The Morgan fingerprint density at radius 1 is 1.37 bits per heavy atom. The molecule has 1 fully saturated rings. The molecule has 1 amide bonds. The van der Waals surface area contributed by atoms with Gasteiger partial charge in [-0.15, -0.1) is 0 Å². The molecular formula is C18H20N6O6. The molecule has 158 valence electrons. The predicted molar refractivity (Wildman–Crippen MR) is 103 cm³/mol. The van der Waals surface area contributed by atoms with Gasteiger partial charge in [-0.05, 0) is 18.2 Å². The number of aromatic hydroxyl groups is 1. The lowest BCUT2D eigenvalue weighted by molar-refractivity contribution is -0.0440. The number of nitrogens with one attached hydrogen (secondary N) is 1. The summed E-state index contributed by atoms with van der Waals surface area (Å²) in [5.41, 5.74) is 6.71. The number of nitrogens with two attached hydrogens (primary N) is 1. The van der Waals surface area contributed by atoms with Crippen molar-refractivity contribution in [1.29, 1.82) is 0 Å². The summed E-state index contributed by atoms with van der Waals surface area (Å²) in [6.45, 7) is -0.458. The van der Waals surface area contributed by atoms with Crippen molar-refractivity contribution in [2.45, 2.75) is 24.5 Å². The molecule has 0 unspecified atom stereocenters. The van der Waals surface area contributed by atoms with Crippen molar-refractivity contribution in [1.82, 2.24) is 24.8 Å². The van der Waals surface area contributed by atoms with Crippen LogP contribution in [0.2, 0.25) is 0 Å². The molecule has 1 saturated heterocycles. The molecule has 12 heteroatoms. The fourth-order valence-corrected chi connectivity index (χ4v) is 3.40. The number of benzene rings is 1. The first kappa shape index (κ1) is 19.8. The number of aliphatic hydroxyl groups is 2. The topological polar surface area (TPSA) is 178 Å². The lowest BCUT2D eigenvalue weighted by Gasteiger charge is -2.23. The van der Waals surface area contributed by atoms with E-state index in [1.165, 1.54) is 42.5 Å². The van der Waals surface area contributed by atoms with E-state index in [-0.39, 0.29) is 22.9 Å². The van der Waals surface area contributed by atoms with Gasteiger partial charge >= 0.3 is 0 Å². The molecule has 4 atom stereocenters. The molecule has 0 spiro atoms. The first-order valence-corrected chi connectivity index (χ1v) is 8.99. The van der Waals surface area contributed by atoms with Crippen LogP contribution in [0.4, 0.5) is 5.82 Å². The zero-order valence-corrected chi connectivity index (χ0v) is 15.8. The molecule has 0 saturated carbocycles. The van der Waals surface area contributed by atoms with Gasteiger partial charge in [-0.2, -0.15) is 0 Å². The SMILES string of the molecule is COc1cc(C(=O)N[C@@H]2[C@H](O)[C@@H](CO)O[C@H]2n2cnc3c(N)ncnc32)ccc1O. The quantitative estimate of drug-likeness (QED) is 0.353. The minimum Gasteiger partial charge on any atom is -0.504 e. The van der Waals surface area contributed by atoms with E-state index in [2.05, 4.69) is 20.3 Å². The molecule has 2 aromatic heterocycles.